The summed E-state index contributed by atoms with van der Waals surface area (Å²) >= 11 is 0. The average molecular weight is 450 g/mol. The molecule has 2 aromatic carbocycles. The summed E-state index contributed by atoms with van der Waals surface area (Å²) in [7, 11) is 0. The number of carbonyl (C=O) groups is 1. The molecule has 1 aromatic heterocycles. The summed E-state index contributed by atoms with van der Waals surface area (Å²) in [5, 5.41) is 4.04. The highest BCUT2D eigenvalue weighted by atomic mass is 16.5. The topological polar surface area (TPSA) is 73.0 Å². The first-order valence-electron chi connectivity index (χ1n) is 11.7. The normalized spacial score (nSPS) is 19.3. The predicted octanol–water partition coefficient (Wildman–Crippen LogP) is 2.85. The number of ether oxygens (including phenoxy) is 1. The molecular formula is C27H33N2O4+. The van der Waals surface area contributed by atoms with Crippen molar-refractivity contribution in [1.29, 1.82) is 0 Å². The van der Waals surface area contributed by atoms with Crippen molar-refractivity contribution < 1.29 is 18.8 Å². The smallest absolute Gasteiger partial charge is 0.339 e. The van der Waals surface area contributed by atoms with Crippen LogP contribution in [0.15, 0.2) is 51.7 Å². The van der Waals surface area contributed by atoms with Crippen LogP contribution >= 0.6 is 0 Å². The fourth-order valence-electron chi connectivity index (χ4n) is 4.55. The van der Waals surface area contributed by atoms with Gasteiger partial charge in [-0.15, -0.1) is 0 Å². The molecule has 4 rings (SSSR count). The molecule has 0 radical (unpaired) electrons. The van der Waals surface area contributed by atoms with Crippen molar-refractivity contribution in [2.45, 2.75) is 59.2 Å². The summed E-state index contributed by atoms with van der Waals surface area (Å²) in [5.41, 5.74) is 3.77. The van der Waals surface area contributed by atoms with Crippen LogP contribution in [-0.4, -0.2) is 31.1 Å². The molecule has 0 aliphatic carbocycles. The maximum atomic E-state index is 12.8. The lowest BCUT2D eigenvalue weighted by molar-refractivity contribution is -0.918. The second-order valence-electron chi connectivity index (χ2n) is 9.16. The molecule has 1 amide bonds. The Morgan fingerprint density at radius 3 is 2.45 bits per heavy atom. The van der Waals surface area contributed by atoms with Crippen molar-refractivity contribution in [3.63, 3.8) is 0 Å². The monoisotopic (exact) mass is 449 g/mol. The van der Waals surface area contributed by atoms with Gasteiger partial charge in [0.05, 0.1) is 13.1 Å². The molecule has 0 bridgehead atoms. The van der Waals surface area contributed by atoms with Gasteiger partial charge in [0.15, 0.2) is 6.10 Å². The van der Waals surface area contributed by atoms with Crippen molar-refractivity contribution in [1.82, 2.24) is 5.32 Å². The minimum absolute atomic E-state index is 0.118. The van der Waals surface area contributed by atoms with E-state index < -0.39 is 6.10 Å². The van der Waals surface area contributed by atoms with E-state index in [1.165, 1.54) is 5.56 Å². The molecule has 1 fully saturated rings. The van der Waals surface area contributed by atoms with Gasteiger partial charge < -0.3 is 19.4 Å². The Morgan fingerprint density at radius 1 is 1.06 bits per heavy atom. The molecule has 0 saturated carbocycles. The first kappa shape index (κ1) is 23.1. The number of aryl methyl sites for hydroxylation is 2. The highest BCUT2D eigenvalue weighted by Gasteiger charge is 2.26. The number of rotatable bonds is 6. The third-order valence-corrected chi connectivity index (χ3v) is 6.83. The molecule has 6 nitrogen and oxygen atoms in total. The molecule has 6 heteroatoms. The standard InChI is InChI=1S/C27H32N2O4/c1-17-18(2)27(31)33-25-19(3)24(11-10-23(17)25)32-20(4)26(30)28-22-12-14-29(15-13-22)16-21-8-6-5-7-9-21/h5-11,20,22H,12-16H2,1-4H3,(H,28,30)/p+1. The third-order valence-electron chi connectivity index (χ3n) is 6.83. The minimum atomic E-state index is -0.644. The van der Waals surface area contributed by atoms with Gasteiger partial charge in [-0.05, 0) is 45.4 Å². The number of fused-ring (bicyclic) bond motifs is 1. The second kappa shape index (κ2) is 9.79. The van der Waals surface area contributed by atoms with Gasteiger partial charge in [0.1, 0.15) is 17.9 Å². The summed E-state index contributed by atoms with van der Waals surface area (Å²) in [6.07, 6.45) is 1.27. The lowest BCUT2D eigenvalue weighted by atomic mass is 10.0. The van der Waals surface area contributed by atoms with Gasteiger partial charge in [-0.1, -0.05) is 30.3 Å². The number of benzene rings is 2. The Hall–Kier alpha value is -3.12. The Labute approximate surface area is 194 Å². The van der Waals surface area contributed by atoms with Crippen molar-refractivity contribution in [3.8, 4) is 5.75 Å². The van der Waals surface area contributed by atoms with Gasteiger partial charge in [0.25, 0.3) is 5.91 Å². The Balaban J connectivity index is 1.34. The van der Waals surface area contributed by atoms with Crippen LogP contribution < -0.4 is 20.6 Å². The summed E-state index contributed by atoms with van der Waals surface area (Å²) in [6.45, 7) is 10.4. The van der Waals surface area contributed by atoms with E-state index >= 15 is 0 Å². The second-order valence-corrected chi connectivity index (χ2v) is 9.16. The summed E-state index contributed by atoms with van der Waals surface area (Å²) < 4.78 is 11.5. The van der Waals surface area contributed by atoms with Crippen LogP contribution in [0.4, 0.5) is 0 Å². The number of quaternary nitrogens is 1. The SMILES string of the molecule is Cc1c(C)c2ccc(OC(C)C(=O)NC3CC[NH+](Cc4ccccc4)CC3)c(C)c2oc1=O. The van der Waals surface area contributed by atoms with Gasteiger partial charge in [-0.3, -0.25) is 4.79 Å². The molecule has 2 heterocycles. The van der Waals surface area contributed by atoms with Crippen molar-refractivity contribution in [3.05, 3.63) is 75.1 Å². The molecule has 1 unspecified atom stereocenters. The van der Waals surface area contributed by atoms with E-state index in [9.17, 15) is 9.59 Å². The van der Waals surface area contributed by atoms with Crippen LogP contribution in [0.1, 0.15) is 42.0 Å². The number of piperidine rings is 1. The molecule has 1 aliphatic heterocycles. The van der Waals surface area contributed by atoms with Crippen LogP contribution in [0.5, 0.6) is 5.75 Å². The quantitative estimate of drug-likeness (QED) is 0.568. The minimum Gasteiger partial charge on any atom is -0.480 e. The average Bonchev–Trinajstić information content (AvgIpc) is 2.81. The molecule has 0 spiro atoms. The van der Waals surface area contributed by atoms with E-state index in [2.05, 4.69) is 29.6 Å². The number of hydrogen-bond acceptors (Lipinski definition) is 4. The Morgan fingerprint density at radius 2 is 1.76 bits per heavy atom. The first-order chi connectivity index (χ1) is 15.8. The number of likely N-dealkylation sites (tertiary alicyclic amines) is 1. The Bertz CT molecular complexity index is 1190. The zero-order valence-electron chi connectivity index (χ0n) is 19.9. The van der Waals surface area contributed by atoms with Crippen LogP contribution in [0.3, 0.4) is 0 Å². The third kappa shape index (κ3) is 5.11. The van der Waals surface area contributed by atoms with E-state index in [1.807, 2.05) is 32.0 Å². The molecule has 1 aliphatic rings. The van der Waals surface area contributed by atoms with Crippen molar-refractivity contribution in [2.24, 2.45) is 0 Å². The first-order valence-corrected chi connectivity index (χ1v) is 11.7. The molecule has 1 atom stereocenters. The van der Waals surface area contributed by atoms with E-state index in [0.717, 1.165) is 49.0 Å². The molecule has 1 saturated heterocycles. The van der Waals surface area contributed by atoms with Crippen LogP contribution in [0, 0.1) is 20.8 Å². The Kier molecular flexibility index (Phi) is 6.84. The van der Waals surface area contributed by atoms with Crippen LogP contribution in [-0.2, 0) is 11.3 Å². The highest BCUT2D eigenvalue weighted by molar-refractivity contribution is 5.86. The van der Waals surface area contributed by atoms with E-state index in [4.69, 9.17) is 9.15 Å². The summed E-state index contributed by atoms with van der Waals surface area (Å²) in [5.74, 6) is 0.436. The van der Waals surface area contributed by atoms with Crippen molar-refractivity contribution in [2.75, 3.05) is 13.1 Å². The molecule has 2 N–H and O–H groups in total. The predicted molar refractivity (Wildman–Crippen MR) is 129 cm³/mol. The molecule has 3 aromatic rings. The number of nitrogens with one attached hydrogen (secondary N) is 2. The maximum Gasteiger partial charge on any atom is 0.339 e. The van der Waals surface area contributed by atoms with Gasteiger partial charge >= 0.3 is 5.63 Å². The lowest BCUT2D eigenvalue weighted by Gasteiger charge is -2.30. The van der Waals surface area contributed by atoms with Crippen LogP contribution in [0.2, 0.25) is 0 Å². The summed E-state index contributed by atoms with van der Waals surface area (Å²) in [6, 6.07) is 14.4. The fourth-order valence-corrected chi connectivity index (χ4v) is 4.55. The lowest BCUT2D eigenvalue weighted by Crippen LogP contribution is -3.12. The zero-order valence-corrected chi connectivity index (χ0v) is 19.9. The number of hydrogen-bond donors (Lipinski definition) is 2. The van der Waals surface area contributed by atoms with Gasteiger partial charge in [0, 0.05) is 41.0 Å². The molecular weight excluding hydrogens is 416 g/mol. The van der Waals surface area contributed by atoms with E-state index in [0.29, 0.717) is 16.9 Å². The number of amides is 1. The van der Waals surface area contributed by atoms with Gasteiger partial charge in [-0.25, -0.2) is 4.79 Å². The van der Waals surface area contributed by atoms with Crippen molar-refractivity contribution >= 4 is 16.9 Å². The summed E-state index contributed by atoms with van der Waals surface area (Å²) in [4.78, 5) is 26.5. The molecule has 33 heavy (non-hydrogen) atoms. The maximum absolute atomic E-state index is 12.8. The van der Waals surface area contributed by atoms with E-state index in [-0.39, 0.29) is 17.6 Å². The largest absolute Gasteiger partial charge is 0.480 e. The van der Waals surface area contributed by atoms with Gasteiger partial charge in [-0.2, -0.15) is 0 Å². The zero-order chi connectivity index (χ0) is 23.5. The molecule has 174 valence electrons. The van der Waals surface area contributed by atoms with Crippen LogP contribution in [0.25, 0.3) is 11.0 Å². The number of carbonyl (C=O) groups excluding carboxylic acids is 1. The highest BCUT2D eigenvalue weighted by Crippen LogP contribution is 2.29. The fraction of sp³-hybridized carbons (Fsp3) is 0.407. The van der Waals surface area contributed by atoms with E-state index in [1.54, 1.807) is 18.7 Å². The van der Waals surface area contributed by atoms with Gasteiger partial charge in [0.2, 0.25) is 0 Å².